The van der Waals surface area contributed by atoms with Gasteiger partial charge in [-0.15, -0.1) is 0 Å². The smallest absolute Gasteiger partial charge is 0.245 e. The topological polar surface area (TPSA) is 90.0 Å². The molecule has 0 saturated carbocycles. The van der Waals surface area contributed by atoms with Crippen molar-refractivity contribution in [3.05, 3.63) is 17.8 Å². The SMILES string of the molecule is Cn1cc(S(=O)(=O)NCCC2=CCCCC2)c(N)n1. The molecule has 3 N–H and O–H groups in total. The molecule has 0 saturated heterocycles. The van der Waals surface area contributed by atoms with Crippen LogP contribution in [0.4, 0.5) is 5.82 Å². The van der Waals surface area contributed by atoms with Crippen molar-refractivity contribution in [1.82, 2.24) is 14.5 Å². The maximum Gasteiger partial charge on any atom is 0.245 e. The summed E-state index contributed by atoms with van der Waals surface area (Å²) in [6, 6.07) is 0. The Kier molecular flexibility index (Phi) is 4.26. The average molecular weight is 284 g/mol. The zero-order valence-corrected chi connectivity index (χ0v) is 11.9. The van der Waals surface area contributed by atoms with Crippen molar-refractivity contribution in [3.8, 4) is 0 Å². The third-order valence-corrected chi connectivity index (χ3v) is 4.71. The predicted molar refractivity (Wildman–Crippen MR) is 74.0 cm³/mol. The average Bonchev–Trinajstić information content (AvgIpc) is 2.70. The van der Waals surface area contributed by atoms with Crippen molar-refractivity contribution >= 4 is 15.8 Å². The Morgan fingerprint density at radius 1 is 1.47 bits per heavy atom. The molecule has 2 rings (SSSR count). The lowest BCUT2D eigenvalue weighted by molar-refractivity contribution is 0.579. The molecule has 1 aromatic rings. The lowest BCUT2D eigenvalue weighted by Crippen LogP contribution is -2.25. The first-order chi connectivity index (χ1) is 8.99. The van der Waals surface area contributed by atoms with Gasteiger partial charge in [-0.05, 0) is 32.1 Å². The van der Waals surface area contributed by atoms with Crippen molar-refractivity contribution in [2.45, 2.75) is 37.0 Å². The minimum Gasteiger partial charge on any atom is -0.381 e. The van der Waals surface area contributed by atoms with E-state index in [9.17, 15) is 8.42 Å². The molecule has 19 heavy (non-hydrogen) atoms. The van der Waals surface area contributed by atoms with Crippen molar-refractivity contribution < 1.29 is 8.42 Å². The molecule has 0 atom stereocenters. The molecule has 0 unspecified atom stereocenters. The number of aryl methyl sites for hydroxylation is 1. The van der Waals surface area contributed by atoms with E-state index >= 15 is 0 Å². The second-order valence-electron chi connectivity index (χ2n) is 4.81. The van der Waals surface area contributed by atoms with Crippen LogP contribution < -0.4 is 10.5 Å². The number of allylic oxidation sites excluding steroid dienone is 1. The molecule has 1 aliphatic carbocycles. The monoisotopic (exact) mass is 284 g/mol. The molecule has 7 heteroatoms. The first-order valence-electron chi connectivity index (χ1n) is 6.46. The number of hydrogen-bond acceptors (Lipinski definition) is 4. The Hall–Kier alpha value is -1.34. The Morgan fingerprint density at radius 3 is 2.84 bits per heavy atom. The highest BCUT2D eigenvalue weighted by atomic mass is 32.2. The van der Waals surface area contributed by atoms with Gasteiger partial charge in [-0.1, -0.05) is 11.6 Å². The fraction of sp³-hybridized carbons (Fsp3) is 0.583. The standard InChI is InChI=1S/C12H20N4O2S/c1-16-9-11(12(13)15-16)19(17,18)14-8-7-10-5-3-2-4-6-10/h5,9,14H,2-4,6-8H2,1H3,(H2,13,15). The summed E-state index contributed by atoms with van der Waals surface area (Å²) < 4.78 is 28.1. The molecule has 1 aromatic heterocycles. The van der Waals surface area contributed by atoms with Crippen molar-refractivity contribution in [2.24, 2.45) is 7.05 Å². The molecule has 106 valence electrons. The zero-order valence-electron chi connectivity index (χ0n) is 11.1. The van der Waals surface area contributed by atoms with Crippen molar-refractivity contribution in [3.63, 3.8) is 0 Å². The molecular weight excluding hydrogens is 264 g/mol. The molecule has 0 spiro atoms. The number of nitrogens with zero attached hydrogens (tertiary/aromatic N) is 2. The van der Waals surface area contributed by atoms with Crippen LogP contribution in [0.5, 0.6) is 0 Å². The predicted octanol–water partition coefficient (Wildman–Crippen LogP) is 1.17. The molecular formula is C12H20N4O2S. The maximum absolute atomic E-state index is 12.0. The Balaban J connectivity index is 1.94. The van der Waals surface area contributed by atoms with E-state index in [0.29, 0.717) is 6.54 Å². The minimum absolute atomic E-state index is 0.0341. The highest BCUT2D eigenvalue weighted by Crippen LogP contribution is 2.20. The van der Waals surface area contributed by atoms with E-state index in [2.05, 4.69) is 15.9 Å². The molecule has 1 heterocycles. The summed E-state index contributed by atoms with van der Waals surface area (Å²) in [7, 11) is -1.92. The molecule has 0 amide bonds. The van der Waals surface area contributed by atoms with E-state index < -0.39 is 10.0 Å². The van der Waals surface area contributed by atoms with Gasteiger partial charge in [0.15, 0.2) is 5.82 Å². The summed E-state index contributed by atoms with van der Waals surface area (Å²) in [6.45, 7) is 0.405. The van der Waals surface area contributed by atoms with E-state index in [4.69, 9.17) is 5.73 Å². The van der Waals surface area contributed by atoms with E-state index in [1.54, 1.807) is 7.05 Å². The van der Waals surface area contributed by atoms with Crippen LogP contribution in [0.15, 0.2) is 22.7 Å². The Bertz CT molecular complexity index is 575. The van der Waals surface area contributed by atoms with Crippen LogP contribution in [0.1, 0.15) is 32.1 Å². The summed E-state index contributed by atoms with van der Waals surface area (Å²) in [4.78, 5) is 0.0487. The van der Waals surface area contributed by atoms with Gasteiger partial charge in [-0.25, -0.2) is 13.1 Å². The van der Waals surface area contributed by atoms with E-state index in [1.807, 2.05) is 0 Å². The summed E-state index contributed by atoms with van der Waals surface area (Å²) in [5.74, 6) is 0.0341. The highest BCUT2D eigenvalue weighted by Gasteiger charge is 2.20. The first-order valence-corrected chi connectivity index (χ1v) is 7.94. The second kappa shape index (κ2) is 5.75. The van der Waals surface area contributed by atoms with Crippen molar-refractivity contribution in [2.75, 3.05) is 12.3 Å². The van der Waals surface area contributed by atoms with E-state index in [1.165, 1.54) is 29.3 Å². The van der Waals surface area contributed by atoms with Gasteiger partial charge in [0.1, 0.15) is 4.90 Å². The van der Waals surface area contributed by atoms with Gasteiger partial charge < -0.3 is 5.73 Å². The van der Waals surface area contributed by atoms with Gasteiger partial charge in [0, 0.05) is 19.8 Å². The Morgan fingerprint density at radius 2 is 2.26 bits per heavy atom. The molecule has 0 radical (unpaired) electrons. The number of nitrogens with one attached hydrogen (secondary N) is 1. The zero-order chi connectivity index (χ0) is 13.9. The van der Waals surface area contributed by atoms with Crippen LogP contribution in [0.3, 0.4) is 0 Å². The Labute approximate surface area is 113 Å². The quantitative estimate of drug-likeness (QED) is 0.794. The molecule has 0 aromatic carbocycles. The number of rotatable bonds is 5. The number of hydrogen-bond donors (Lipinski definition) is 2. The number of sulfonamides is 1. The molecule has 1 aliphatic rings. The van der Waals surface area contributed by atoms with Crippen LogP contribution in [-0.4, -0.2) is 24.7 Å². The summed E-state index contributed by atoms with van der Waals surface area (Å²) >= 11 is 0. The molecule has 0 aliphatic heterocycles. The van der Waals surface area contributed by atoms with Crippen LogP contribution in [0, 0.1) is 0 Å². The van der Waals surface area contributed by atoms with Crippen LogP contribution >= 0.6 is 0 Å². The van der Waals surface area contributed by atoms with E-state index in [-0.39, 0.29) is 10.7 Å². The van der Waals surface area contributed by atoms with Gasteiger partial charge >= 0.3 is 0 Å². The van der Waals surface area contributed by atoms with Gasteiger partial charge in [0.05, 0.1) is 0 Å². The van der Waals surface area contributed by atoms with Crippen LogP contribution in [-0.2, 0) is 17.1 Å². The highest BCUT2D eigenvalue weighted by molar-refractivity contribution is 7.89. The third kappa shape index (κ3) is 3.57. The second-order valence-corrected chi connectivity index (χ2v) is 6.54. The fourth-order valence-electron chi connectivity index (χ4n) is 2.25. The van der Waals surface area contributed by atoms with Crippen molar-refractivity contribution in [1.29, 1.82) is 0 Å². The van der Waals surface area contributed by atoms with Crippen LogP contribution in [0.25, 0.3) is 0 Å². The fourth-order valence-corrected chi connectivity index (χ4v) is 3.38. The summed E-state index contributed by atoms with van der Waals surface area (Å²) in [5.41, 5.74) is 6.92. The minimum atomic E-state index is -3.56. The number of nitrogen functional groups attached to an aromatic ring is 1. The third-order valence-electron chi connectivity index (χ3n) is 3.23. The lowest BCUT2D eigenvalue weighted by atomic mass is 9.97. The van der Waals surface area contributed by atoms with Gasteiger partial charge in [-0.3, -0.25) is 4.68 Å². The first kappa shape index (κ1) is 14.1. The maximum atomic E-state index is 12.0. The largest absolute Gasteiger partial charge is 0.381 e. The summed E-state index contributed by atoms with van der Waals surface area (Å²) in [5, 5.41) is 3.84. The molecule has 0 bridgehead atoms. The number of anilines is 1. The lowest BCUT2D eigenvalue weighted by Gasteiger charge is -2.12. The van der Waals surface area contributed by atoms with E-state index in [0.717, 1.165) is 19.3 Å². The van der Waals surface area contributed by atoms with Gasteiger partial charge in [0.25, 0.3) is 0 Å². The van der Waals surface area contributed by atoms with Gasteiger partial charge in [0.2, 0.25) is 10.0 Å². The molecule has 0 fully saturated rings. The number of nitrogens with two attached hydrogens (primary N) is 1. The molecule has 6 nitrogen and oxygen atoms in total. The number of aromatic nitrogens is 2. The van der Waals surface area contributed by atoms with Crippen LogP contribution in [0.2, 0.25) is 0 Å². The normalized spacial score (nSPS) is 16.4. The van der Waals surface area contributed by atoms with Gasteiger partial charge in [-0.2, -0.15) is 5.10 Å². The summed E-state index contributed by atoms with van der Waals surface area (Å²) in [6.07, 6.45) is 9.02.